The fraction of sp³-hybridized carbons (Fsp3) is 0.286. The van der Waals surface area contributed by atoms with Crippen LogP contribution in [0.25, 0.3) is 11.3 Å². The molecular formula is C14H14Cl2N2O. The topological polar surface area (TPSA) is 35.0 Å². The number of nitrogens with zero attached hydrogens (tertiary/aromatic N) is 2. The second-order valence-electron chi connectivity index (χ2n) is 4.43. The lowest BCUT2D eigenvalue weighted by Gasteiger charge is -2.11. The summed E-state index contributed by atoms with van der Waals surface area (Å²) in [6.07, 6.45) is 0. The average molecular weight is 297 g/mol. The molecule has 0 aliphatic heterocycles. The molecule has 1 aromatic heterocycles. The van der Waals surface area contributed by atoms with Crippen molar-refractivity contribution in [2.75, 3.05) is 7.11 Å². The quantitative estimate of drug-likeness (QED) is 0.778. The number of rotatable bonds is 3. The van der Waals surface area contributed by atoms with Gasteiger partial charge in [-0.3, -0.25) is 0 Å². The van der Waals surface area contributed by atoms with Crippen molar-refractivity contribution in [2.45, 2.75) is 19.8 Å². The van der Waals surface area contributed by atoms with Crippen LogP contribution < -0.4 is 4.74 Å². The van der Waals surface area contributed by atoms with Gasteiger partial charge in [0, 0.05) is 22.6 Å². The van der Waals surface area contributed by atoms with E-state index in [1.165, 1.54) is 0 Å². The Labute approximate surface area is 122 Å². The molecule has 0 N–H and O–H groups in total. The van der Waals surface area contributed by atoms with Crippen LogP contribution in [0.5, 0.6) is 5.75 Å². The Morgan fingerprint density at radius 3 is 2.47 bits per heavy atom. The molecule has 0 aliphatic carbocycles. The number of aromatic nitrogens is 2. The van der Waals surface area contributed by atoms with Gasteiger partial charge >= 0.3 is 0 Å². The molecule has 0 spiro atoms. The predicted molar refractivity (Wildman–Crippen MR) is 78.1 cm³/mol. The van der Waals surface area contributed by atoms with Gasteiger partial charge in [0.25, 0.3) is 0 Å². The van der Waals surface area contributed by atoms with Crippen molar-refractivity contribution < 1.29 is 4.74 Å². The fourth-order valence-electron chi connectivity index (χ4n) is 1.71. The SMILES string of the molecule is COc1ccc(Cl)cc1-c1cc(Cl)nc(C(C)C)n1. The minimum Gasteiger partial charge on any atom is -0.496 e. The zero-order valence-electron chi connectivity index (χ0n) is 10.9. The van der Waals surface area contributed by atoms with Crippen LogP contribution in [0.4, 0.5) is 0 Å². The molecule has 0 fully saturated rings. The average Bonchev–Trinajstić information content (AvgIpc) is 2.37. The van der Waals surface area contributed by atoms with E-state index in [-0.39, 0.29) is 5.92 Å². The molecule has 2 aromatic rings. The van der Waals surface area contributed by atoms with Gasteiger partial charge in [-0.25, -0.2) is 9.97 Å². The maximum absolute atomic E-state index is 6.05. The molecule has 2 rings (SSSR count). The van der Waals surface area contributed by atoms with E-state index in [0.29, 0.717) is 27.4 Å². The first-order chi connectivity index (χ1) is 9.01. The Morgan fingerprint density at radius 2 is 1.84 bits per heavy atom. The van der Waals surface area contributed by atoms with Gasteiger partial charge in [-0.2, -0.15) is 0 Å². The van der Waals surface area contributed by atoms with Gasteiger partial charge in [0.2, 0.25) is 0 Å². The Bertz CT molecular complexity index is 600. The summed E-state index contributed by atoms with van der Waals surface area (Å²) >= 11 is 12.1. The van der Waals surface area contributed by atoms with Gasteiger partial charge in [-0.05, 0) is 18.2 Å². The summed E-state index contributed by atoms with van der Waals surface area (Å²) in [6, 6.07) is 7.10. The minimum atomic E-state index is 0.197. The Kier molecular flexibility index (Phi) is 4.27. The summed E-state index contributed by atoms with van der Waals surface area (Å²) in [5, 5.41) is 1.03. The van der Waals surface area contributed by atoms with E-state index in [1.807, 2.05) is 26.0 Å². The number of halogens is 2. The lowest BCUT2D eigenvalue weighted by Crippen LogP contribution is -2.00. The van der Waals surface area contributed by atoms with Gasteiger partial charge in [0.15, 0.2) is 0 Å². The standard InChI is InChI=1S/C14H14Cl2N2O/c1-8(2)14-17-11(7-13(16)18-14)10-6-9(15)4-5-12(10)19-3/h4-8H,1-3H3. The molecule has 0 bridgehead atoms. The van der Waals surface area contributed by atoms with Crippen molar-refractivity contribution >= 4 is 23.2 Å². The summed E-state index contributed by atoms with van der Waals surface area (Å²) in [7, 11) is 1.61. The van der Waals surface area contributed by atoms with Crippen molar-refractivity contribution in [1.29, 1.82) is 0 Å². The molecule has 3 nitrogen and oxygen atoms in total. The van der Waals surface area contributed by atoms with E-state index in [2.05, 4.69) is 9.97 Å². The summed E-state index contributed by atoms with van der Waals surface area (Å²) in [5.74, 6) is 1.60. The first-order valence-corrected chi connectivity index (χ1v) is 6.65. The molecule has 0 saturated carbocycles. The van der Waals surface area contributed by atoms with Crippen LogP contribution in [-0.2, 0) is 0 Å². The van der Waals surface area contributed by atoms with Crippen LogP contribution in [0.1, 0.15) is 25.6 Å². The zero-order valence-corrected chi connectivity index (χ0v) is 12.5. The van der Waals surface area contributed by atoms with Crippen LogP contribution >= 0.6 is 23.2 Å². The first-order valence-electron chi connectivity index (χ1n) is 5.89. The van der Waals surface area contributed by atoms with Gasteiger partial charge in [-0.15, -0.1) is 0 Å². The van der Waals surface area contributed by atoms with E-state index in [9.17, 15) is 0 Å². The van der Waals surface area contributed by atoms with Crippen molar-refractivity contribution in [3.8, 4) is 17.0 Å². The Hall–Kier alpha value is -1.32. The van der Waals surface area contributed by atoms with Crippen molar-refractivity contribution in [3.05, 3.63) is 40.3 Å². The van der Waals surface area contributed by atoms with Crippen molar-refractivity contribution in [3.63, 3.8) is 0 Å². The number of ether oxygens (including phenoxy) is 1. The molecular weight excluding hydrogens is 283 g/mol. The summed E-state index contributed by atoms with van der Waals surface area (Å²) < 4.78 is 5.33. The van der Waals surface area contributed by atoms with Crippen LogP contribution in [0.15, 0.2) is 24.3 Å². The van der Waals surface area contributed by atoms with Crippen LogP contribution in [-0.4, -0.2) is 17.1 Å². The van der Waals surface area contributed by atoms with Gasteiger partial charge in [0.05, 0.1) is 12.8 Å². The molecule has 100 valence electrons. The van der Waals surface area contributed by atoms with Gasteiger partial charge in [0.1, 0.15) is 16.7 Å². The summed E-state index contributed by atoms with van der Waals surface area (Å²) in [6.45, 7) is 4.04. The monoisotopic (exact) mass is 296 g/mol. The fourth-order valence-corrected chi connectivity index (χ4v) is 2.07. The minimum absolute atomic E-state index is 0.197. The van der Waals surface area contributed by atoms with Crippen molar-refractivity contribution in [1.82, 2.24) is 9.97 Å². The maximum atomic E-state index is 6.05. The molecule has 5 heteroatoms. The molecule has 0 amide bonds. The first kappa shape index (κ1) is 14.1. The third-order valence-corrected chi connectivity index (χ3v) is 3.09. The molecule has 0 saturated heterocycles. The van der Waals surface area contributed by atoms with Gasteiger partial charge in [-0.1, -0.05) is 37.0 Å². The smallest absolute Gasteiger partial charge is 0.133 e. The van der Waals surface area contributed by atoms with Gasteiger partial charge < -0.3 is 4.74 Å². The maximum Gasteiger partial charge on any atom is 0.133 e. The largest absolute Gasteiger partial charge is 0.496 e. The number of benzene rings is 1. The lowest BCUT2D eigenvalue weighted by atomic mass is 10.1. The molecule has 0 atom stereocenters. The second-order valence-corrected chi connectivity index (χ2v) is 5.26. The van der Waals surface area contributed by atoms with Crippen molar-refractivity contribution in [2.24, 2.45) is 0 Å². The normalized spacial score (nSPS) is 10.8. The highest BCUT2D eigenvalue weighted by atomic mass is 35.5. The number of methoxy groups -OCH3 is 1. The summed E-state index contributed by atoms with van der Waals surface area (Å²) in [4.78, 5) is 8.74. The molecule has 0 unspecified atom stereocenters. The Morgan fingerprint density at radius 1 is 1.11 bits per heavy atom. The second kappa shape index (κ2) is 5.76. The van der Waals surface area contributed by atoms with Crippen LogP contribution in [0.2, 0.25) is 10.2 Å². The summed E-state index contributed by atoms with van der Waals surface area (Å²) in [5.41, 5.74) is 1.52. The highest BCUT2D eigenvalue weighted by Crippen LogP contribution is 2.32. The molecule has 0 radical (unpaired) electrons. The highest BCUT2D eigenvalue weighted by molar-refractivity contribution is 6.31. The van der Waals surface area contributed by atoms with E-state index in [0.717, 1.165) is 5.56 Å². The molecule has 19 heavy (non-hydrogen) atoms. The van der Waals surface area contributed by atoms with E-state index < -0.39 is 0 Å². The highest BCUT2D eigenvalue weighted by Gasteiger charge is 2.12. The lowest BCUT2D eigenvalue weighted by molar-refractivity contribution is 0.416. The van der Waals surface area contributed by atoms with Crippen LogP contribution in [0, 0.1) is 0 Å². The van der Waals surface area contributed by atoms with E-state index >= 15 is 0 Å². The third kappa shape index (κ3) is 3.17. The Balaban J connectivity index is 2.61. The van der Waals surface area contributed by atoms with Crippen LogP contribution in [0.3, 0.4) is 0 Å². The number of hydrogen-bond donors (Lipinski definition) is 0. The molecule has 1 heterocycles. The third-order valence-electron chi connectivity index (χ3n) is 2.67. The zero-order chi connectivity index (χ0) is 14.0. The molecule has 1 aromatic carbocycles. The predicted octanol–water partition coefficient (Wildman–Crippen LogP) is 4.58. The van der Waals surface area contributed by atoms with E-state index in [4.69, 9.17) is 27.9 Å². The number of hydrogen-bond acceptors (Lipinski definition) is 3. The molecule has 0 aliphatic rings. The van der Waals surface area contributed by atoms with E-state index in [1.54, 1.807) is 19.2 Å².